The van der Waals surface area contributed by atoms with Crippen LogP contribution in [-0.2, 0) is 0 Å². The van der Waals surface area contributed by atoms with Gasteiger partial charge in [-0.15, -0.1) is 0 Å². The zero-order valence-corrected chi connectivity index (χ0v) is 11.3. The average molecular weight is 271 g/mol. The maximum Gasteiger partial charge on any atom is 0.161 e. The lowest BCUT2D eigenvalue weighted by atomic mass is 10.00. The van der Waals surface area contributed by atoms with Crippen LogP contribution in [0, 0.1) is 6.92 Å². The van der Waals surface area contributed by atoms with Crippen LogP contribution in [-0.4, -0.2) is 18.2 Å². The third-order valence-corrected chi connectivity index (χ3v) is 3.33. The second-order valence-corrected chi connectivity index (χ2v) is 4.74. The summed E-state index contributed by atoms with van der Waals surface area (Å²) in [4.78, 5) is 4.31. The predicted molar refractivity (Wildman–Crippen MR) is 75.6 cm³/mol. The number of aryl methyl sites for hydroxylation is 1. The third kappa shape index (κ3) is 2.45. The van der Waals surface area contributed by atoms with Crippen molar-refractivity contribution in [2.24, 2.45) is 5.84 Å². The highest BCUT2D eigenvalue weighted by Crippen LogP contribution is 2.33. The van der Waals surface area contributed by atoms with Gasteiger partial charge >= 0.3 is 0 Å². The summed E-state index contributed by atoms with van der Waals surface area (Å²) in [6, 6.07) is 9.72. The van der Waals surface area contributed by atoms with Crippen LogP contribution in [0.2, 0.25) is 0 Å². The van der Waals surface area contributed by atoms with Gasteiger partial charge in [0.05, 0.1) is 6.04 Å². The molecule has 0 amide bonds. The van der Waals surface area contributed by atoms with Crippen molar-refractivity contribution in [1.29, 1.82) is 0 Å². The smallest absolute Gasteiger partial charge is 0.161 e. The monoisotopic (exact) mass is 271 g/mol. The lowest BCUT2D eigenvalue weighted by molar-refractivity contribution is 0.171. The average Bonchev–Trinajstić information content (AvgIpc) is 2.50. The molecule has 104 valence electrons. The molecule has 0 fully saturated rings. The minimum atomic E-state index is -0.126. The van der Waals surface area contributed by atoms with E-state index < -0.39 is 0 Å². The highest BCUT2D eigenvalue weighted by molar-refractivity contribution is 5.46. The van der Waals surface area contributed by atoms with Gasteiger partial charge in [0.15, 0.2) is 11.5 Å². The van der Waals surface area contributed by atoms with Gasteiger partial charge in [-0.05, 0) is 36.2 Å². The SMILES string of the molecule is Cc1ccc(C(NN)c2ccc3c(c2)OCCO3)cn1. The summed E-state index contributed by atoms with van der Waals surface area (Å²) in [7, 11) is 0. The molecule has 3 rings (SSSR count). The van der Waals surface area contributed by atoms with Gasteiger partial charge in [0.25, 0.3) is 0 Å². The minimum Gasteiger partial charge on any atom is -0.486 e. The number of rotatable bonds is 3. The Kier molecular flexibility index (Phi) is 3.54. The van der Waals surface area contributed by atoms with E-state index in [-0.39, 0.29) is 6.04 Å². The molecule has 0 saturated heterocycles. The highest BCUT2D eigenvalue weighted by Gasteiger charge is 2.17. The number of hydrazine groups is 1. The quantitative estimate of drug-likeness (QED) is 0.657. The first-order valence-corrected chi connectivity index (χ1v) is 6.56. The van der Waals surface area contributed by atoms with Crippen molar-refractivity contribution in [3.63, 3.8) is 0 Å². The van der Waals surface area contributed by atoms with Crippen LogP contribution in [0.4, 0.5) is 0 Å². The molecule has 0 radical (unpaired) electrons. The molecule has 1 aromatic carbocycles. The Labute approximate surface area is 117 Å². The van der Waals surface area contributed by atoms with Crippen molar-refractivity contribution in [2.75, 3.05) is 13.2 Å². The van der Waals surface area contributed by atoms with E-state index in [9.17, 15) is 0 Å². The molecule has 2 heterocycles. The maximum absolute atomic E-state index is 5.70. The van der Waals surface area contributed by atoms with Gasteiger partial charge in [0.2, 0.25) is 0 Å². The number of aromatic nitrogens is 1. The normalized spacial score (nSPS) is 14.9. The standard InChI is InChI=1S/C15H17N3O2/c1-10-2-3-12(9-17-10)15(18-16)11-4-5-13-14(8-11)20-7-6-19-13/h2-5,8-9,15,18H,6-7,16H2,1H3. The summed E-state index contributed by atoms with van der Waals surface area (Å²) in [6.07, 6.45) is 1.83. The first-order chi connectivity index (χ1) is 9.78. The van der Waals surface area contributed by atoms with Gasteiger partial charge in [-0.2, -0.15) is 0 Å². The first kappa shape index (κ1) is 12.9. The molecule has 5 nitrogen and oxygen atoms in total. The lowest BCUT2D eigenvalue weighted by Crippen LogP contribution is -2.29. The molecule has 2 aromatic rings. The lowest BCUT2D eigenvalue weighted by Gasteiger charge is -2.22. The van der Waals surface area contributed by atoms with Crippen molar-refractivity contribution < 1.29 is 9.47 Å². The summed E-state index contributed by atoms with van der Waals surface area (Å²) < 4.78 is 11.1. The van der Waals surface area contributed by atoms with E-state index in [0.29, 0.717) is 13.2 Å². The summed E-state index contributed by atoms with van der Waals surface area (Å²) in [5.41, 5.74) is 5.83. The molecule has 0 aliphatic carbocycles. The van der Waals surface area contributed by atoms with Crippen LogP contribution < -0.4 is 20.7 Å². The number of nitrogens with zero attached hydrogens (tertiary/aromatic N) is 1. The molecular weight excluding hydrogens is 254 g/mol. The third-order valence-electron chi connectivity index (χ3n) is 3.33. The second-order valence-electron chi connectivity index (χ2n) is 4.74. The summed E-state index contributed by atoms with van der Waals surface area (Å²) in [5, 5.41) is 0. The summed E-state index contributed by atoms with van der Waals surface area (Å²) in [5.74, 6) is 7.24. The number of benzene rings is 1. The fourth-order valence-electron chi connectivity index (χ4n) is 2.27. The number of ether oxygens (including phenoxy) is 2. The molecule has 5 heteroatoms. The number of fused-ring (bicyclic) bond motifs is 1. The molecule has 20 heavy (non-hydrogen) atoms. The number of pyridine rings is 1. The van der Waals surface area contributed by atoms with Gasteiger partial charge in [-0.25, -0.2) is 5.43 Å². The van der Waals surface area contributed by atoms with Crippen molar-refractivity contribution in [1.82, 2.24) is 10.4 Å². The van der Waals surface area contributed by atoms with Gasteiger partial charge in [0, 0.05) is 11.9 Å². The highest BCUT2D eigenvalue weighted by atomic mass is 16.6. The Morgan fingerprint density at radius 2 is 1.85 bits per heavy atom. The van der Waals surface area contributed by atoms with E-state index in [1.807, 2.05) is 43.5 Å². The summed E-state index contributed by atoms with van der Waals surface area (Å²) in [6.45, 7) is 3.12. The molecule has 0 saturated carbocycles. The van der Waals surface area contributed by atoms with E-state index in [1.54, 1.807) is 0 Å². The molecule has 1 aliphatic rings. The van der Waals surface area contributed by atoms with Gasteiger partial charge in [0.1, 0.15) is 13.2 Å². The van der Waals surface area contributed by atoms with Gasteiger partial charge in [-0.1, -0.05) is 12.1 Å². The van der Waals surface area contributed by atoms with Crippen LogP contribution >= 0.6 is 0 Å². The Bertz CT molecular complexity index is 599. The van der Waals surface area contributed by atoms with Crippen LogP contribution in [0.3, 0.4) is 0 Å². The predicted octanol–water partition coefficient (Wildman–Crippen LogP) is 1.71. The topological polar surface area (TPSA) is 69.4 Å². The second kappa shape index (κ2) is 5.48. The fourth-order valence-corrected chi connectivity index (χ4v) is 2.27. The number of nitrogens with one attached hydrogen (secondary N) is 1. The number of hydrogen-bond acceptors (Lipinski definition) is 5. The Morgan fingerprint density at radius 1 is 1.10 bits per heavy atom. The molecule has 0 bridgehead atoms. The van der Waals surface area contributed by atoms with Crippen molar-refractivity contribution in [3.05, 3.63) is 53.3 Å². The van der Waals surface area contributed by atoms with E-state index >= 15 is 0 Å². The number of hydrogen-bond donors (Lipinski definition) is 2. The molecular formula is C15H17N3O2. The molecule has 1 aromatic heterocycles. The minimum absolute atomic E-state index is 0.126. The van der Waals surface area contributed by atoms with E-state index in [1.165, 1.54) is 0 Å². The molecule has 1 atom stereocenters. The van der Waals surface area contributed by atoms with Crippen LogP contribution in [0.5, 0.6) is 11.5 Å². The maximum atomic E-state index is 5.70. The zero-order valence-electron chi connectivity index (χ0n) is 11.3. The van der Waals surface area contributed by atoms with E-state index in [4.69, 9.17) is 15.3 Å². The molecule has 0 spiro atoms. The Balaban J connectivity index is 1.94. The fraction of sp³-hybridized carbons (Fsp3) is 0.267. The molecule has 1 aliphatic heterocycles. The first-order valence-electron chi connectivity index (χ1n) is 6.56. The van der Waals surface area contributed by atoms with Crippen LogP contribution in [0.1, 0.15) is 22.9 Å². The van der Waals surface area contributed by atoms with Crippen LogP contribution in [0.15, 0.2) is 36.5 Å². The van der Waals surface area contributed by atoms with Gasteiger partial charge in [-0.3, -0.25) is 10.8 Å². The van der Waals surface area contributed by atoms with Crippen molar-refractivity contribution in [2.45, 2.75) is 13.0 Å². The van der Waals surface area contributed by atoms with Crippen molar-refractivity contribution in [3.8, 4) is 11.5 Å². The van der Waals surface area contributed by atoms with E-state index in [0.717, 1.165) is 28.3 Å². The van der Waals surface area contributed by atoms with Gasteiger partial charge < -0.3 is 9.47 Å². The summed E-state index contributed by atoms with van der Waals surface area (Å²) >= 11 is 0. The molecule has 3 N–H and O–H groups in total. The number of nitrogens with two attached hydrogens (primary N) is 1. The molecule has 1 unspecified atom stereocenters. The Hall–Kier alpha value is -2.11. The van der Waals surface area contributed by atoms with Crippen molar-refractivity contribution >= 4 is 0 Å². The zero-order chi connectivity index (χ0) is 13.9. The Morgan fingerprint density at radius 3 is 2.55 bits per heavy atom. The largest absolute Gasteiger partial charge is 0.486 e. The van der Waals surface area contributed by atoms with Crippen LogP contribution in [0.25, 0.3) is 0 Å². The van der Waals surface area contributed by atoms with E-state index in [2.05, 4.69) is 10.4 Å².